The highest BCUT2D eigenvalue weighted by Crippen LogP contribution is 2.35. The van der Waals surface area contributed by atoms with Gasteiger partial charge in [0.1, 0.15) is 17.2 Å². The van der Waals surface area contributed by atoms with Gasteiger partial charge in [-0.25, -0.2) is 0 Å². The predicted molar refractivity (Wildman–Crippen MR) is 78.3 cm³/mol. The van der Waals surface area contributed by atoms with Crippen molar-refractivity contribution < 1.29 is 14.2 Å². The highest BCUT2D eigenvalue weighted by molar-refractivity contribution is 5.68. The van der Waals surface area contributed by atoms with Crippen molar-refractivity contribution in [2.45, 2.75) is 13.8 Å². The van der Waals surface area contributed by atoms with E-state index >= 15 is 0 Å². The molecule has 0 saturated carbocycles. The fraction of sp³-hybridized carbons (Fsp3) is 0.467. The summed E-state index contributed by atoms with van der Waals surface area (Å²) in [7, 11) is 4.91. The van der Waals surface area contributed by atoms with Crippen LogP contribution in [-0.2, 0) is 0 Å². The van der Waals surface area contributed by atoms with E-state index in [1.807, 2.05) is 12.1 Å². The molecule has 0 aliphatic rings. The zero-order valence-electron chi connectivity index (χ0n) is 12.4. The monoisotopic (exact) mass is 265 g/mol. The lowest BCUT2D eigenvalue weighted by molar-refractivity contribution is 0.374. The second-order valence-corrected chi connectivity index (χ2v) is 4.22. The van der Waals surface area contributed by atoms with Crippen molar-refractivity contribution in [3.63, 3.8) is 0 Å². The van der Waals surface area contributed by atoms with Crippen LogP contribution >= 0.6 is 0 Å². The Labute approximate surface area is 115 Å². The molecule has 1 N–H and O–H groups in total. The van der Waals surface area contributed by atoms with Crippen molar-refractivity contribution in [1.82, 2.24) is 5.32 Å². The number of hydrogen-bond acceptors (Lipinski definition) is 4. The van der Waals surface area contributed by atoms with Gasteiger partial charge in [-0.05, 0) is 19.5 Å². The van der Waals surface area contributed by atoms with Crippen LogP contribution in [-0.4, -0.2) is 34.4 Å². The number of likely N-dealkylation sites (N-methyl/N-ethyl adjacent to an activating group) is 1. The molecule has 0 atom stereocenters. The summed E-state index contributed by atoms with van der Waals surface area (Å²) in [6.45, 7) is 5.95. The van der Waals surface area contributed by atoms with Crippen LogP contribution in [0.25, 0.3) is 6.08 Å². The van der Waals surface area contributed by atoms with E-state index in [0.717, 1.165) is 35.9 Å². The van der Waals surface area contributed by atoms with E-state index < -0.39 is 0 Å². The molecule has 0 spiro atoms. The molecule has 4 nitrogen and oxygen atoms in total. The molecule has 0 amide bonds. The third-order valence-corrected chi connectivity index (χ3v) is 2.80. The first-order valence-corrected chi connectivity index (χ1v) is 6.34. The summed E-state index contributed by atoms with van der Waals surface area (Å²) in [5, 5.41) is 3.29. The minimum Gasteiger partial charge on any atom is -0.496 e. The lowest BCUT2D eigenvalue weighted by Crippen LogP contribution is -2.14. The zero-order chi connectivity index (χ0) is 14.3. The van der Waals surface area contributed by atoms with E-state index in [1.165, 1.54) is 5.57 Å². The van der Waals surface area contributed by atoms with Gasteiger partial charge in [0.25, 0.3) is 0 Å². The maximum atomic E-state index is 5.41. The van der Waals surface area contributed by atoms with Crippen LogP contribution < -0.4 is 19.5 Å². The third-order valence-electron chi connectivity index (χ3n) is 2.80. The van der Waals surface area contributed by atoms with Gasteiger partial charge in [0.2, 0.25) is 0 Å². The van der Waals surface area contributed by atoms with Gasteiger partial charge in [-0.1, -0.05) is 12.5 Å². The van der Waals surface area contributed by atoms with Crippen LogP contribution in [0, 0.1) is 0 Å². The van der Waals surface area contributed by atoms with Crippen molar-refractivity contribution in [2.24, 2.45) is 0 Å². The van der Waals surface area contributed by atoms with Gasteiger partial charge in [-0.3, -0.25) is 0 Å². The molecule has 4 heteroatoms. The lowest BCUT2D eigenvalue weighted by atomic mass is 10.1. The van der Waals surface area contributed by atoms with Crippen molar-refractivity contribution in [2.75, 3.05) is 34.4 Å². The van der Waals surface area contributed by atoms with Crippen LogP contribution in [0.2, 0.25) is 0 Å². The summed E-state index contributed by atoms with van der Waals surface area (Å²) < 4.78 is 16.1. The Morgan fingerprint density at radius 1 is 1.11 bits per heavy atom. The average molecular weight is 265 g/mol. The average Bonchev–Trinajstić information content (AvgIpc) is 2.44. The van der Waals surface area contributed by atoms with Gasteiger partial charge in [-0.15, -0.1) is 0 Å². The minimum absolute atomic E-state index is 0.718. The summed E-state index contributed by atoms with van der Waals surface area (Å²) in [5.74, 6) is 2.20. The number of methoxy groups -OCH3 is 3. The number of nitrogens with one attached hydrogen (secondary N) is 1. The fourth-order valence-electron chi connectivity index (χ4n) is 1.79. The maximum Gasteiger partial charge on any atom is 0.133 e. The van der Waals surface area contributed by atoms with Crippen LogP contribution in [0.3, 0.4) is 0 Å². The molecule has 0 bridgehead atoms. The Morgan fingerprint density at radius 2 is 1.68 bits per heavy atom. The Hall–Kier alpha value is -1.68. The van der Waals surface area contributed by atoms with E-state index in [9.17, 15) is 0 Å². The molecule has 106 valence electrons. The molecule has 0 saturated heterocycles. The Bertz CT molecular complexity index is 416. The zero-order valence-corrected chi connectivity index (χ0v) is 12.4. The SMILES string of the molecule is CCNCC(C)=Cc1c(OC)cc(OC)cc1OC. The quantitative estimate of drug-likeness (QED) is 0.823. The molecular formula is C15H23NO3. The first-order valence-electron chi connectivity index (χ1n) is 6.34. The number of benzene rings is 1. The minimum atomic E-state index is 0.718. The van der Waals surface area contributed by atoms with Gasteiger partial charge in [0.05, 0.1) is 26.9 Å². The molecule has 0 aliphatic heterocycles. The highest BCUT2D eigenvalue weighted by Gasteiger charge is 2.11. The molecule has 1 aromatic rings. The van der Waals surface area contributed by atoms with Crippen molar-refractivity contribution in [3.05, 3.63) is 23.3 Å². The topological polar surface area (TPSA) is 39.7 Å². The van der Waals surface area contributed by atoms with E-state index in [1.54, 1.807) is 21.3 Å². The van der Waals surface area contributed by atoms with Crippen LogP contribution in [0.15, 0.2) is 17.7 Å². The third kappa shape index (κ3) is 4.17. The molecule has 0 aliphatic carbocycles. The summed E-state index contributed by atoms with van der Waals surface area (Å²) in [6.07, 6.45) is 2.07. The van der Waals surface area contributed by atoms with Crippen LogP contribution in [0.4, 0.5) is 0 Å². The molecule has 0 radical (unpaired) electrons. The predicted octanol–water partition coefficient (Wildman–Crippen LogP) is 2.73. The van der Waals surface area contributed by atoms with Gasteiger partial charge < -0.3 is 19.5 Å². The second-order valence-electron chi connectivity index (χ2n) is 4.22. The lowest BCUT2D eigenvalue weighted by Gasteiger charge is -2.13. The molecular weight excluding hydrogens is 242 g/mol. The van der Waals surface area contributed by atoms with E-state index in [4.69, 9.17) is 14.2 Å². The maximum absolute atomic E-state index is 5.41. The van der Waals surface area contributed by atoms with Gasteiger partial charge in [0.15, 0.2) is 0 Å². The molecule has 0 aromatic heterocycles. The largest absolute Gasteiger partial charge is 0.496 e. The molecule has 0 fully saturated rings. The Kier molecular flexibility index (Phi) is 6.22. The summed E-state index contributed by atoms with van der Waals surface area (Å²) in [4.78, 5) is 0. The molecule has 1 aromatic carbocycles. The number of ether oxygens (including phenoxy) is 3. The Balaban J connectivity index is 3.16. The smallest absolute Gasteiger partial charge is 0.133 e. The van der Waals surface area contributed by atoms with Crippen molar-refractivity contribution in [3.8, 4) is 17.2 Å². The molecule has 19 heavy (non-hydrogen) atoms. The molecule has 0 unspecified atom stereocenters. The van der Waals surface area contributed by atoms with Gasteiger partial charge in [-0.2, -0.15) is 0 Å². The molecule has 1 rings (SSSR count). The van der Waals surface area contributed by atoms with Crippen molar-refractivity contribution in [1.29, 1.82) is 0 Å². The summed E-state index contributed by atoms with van der Waals surface area (Å²) in [6, 6.07) is 3.71. The fourth-order valence-corrected chi connectivity index (χ4v) is 1.79. The van der Waals surface area contributed by atoms with Crippen molar-refractivity contribution >= 4 is 6.08 Å². The summed E-state index contributed by atoms with van der Waals surface area (Å²) in [5.41, 5.74) is 2.14. The van der Waals surface area contributed by atoms with E-state index in [-0.39, 0.29) is 0 Å². The number of rotatable bonds is 7. The Morgan fingerprint density at radius 3 is 2.11 bits per heavy atom. The first-order chi connectivity index (χ1) is 9.15. The first kappa shape index (κ1) is 15.4. The van der Waals surface area contributed by atoms with E-state index in [0.29, 0.717) is 0 Å². The van der Waals surface area contributed by atoms with Gasteiger partial charge in [0, 0.05) is 18.7 Å². The van der Waals surface area contributed by atoms with Crippen LogP contribution in [0.5, 0.6) is 17.2 Å². The molecule has 0 heterocycles. The second kappa shape index (κ2) is 7.69. The van der Waals surface area contributed by atoms with Crippen LogP contribution in [0.1, 0.15) is 19.4 Å². The van der Waals surface area contributed by atoms with E-state index in [2.05, 4.69) is 25.2 Å². The highest BCUT2D eigenvalue weighted by atomic mass is 16.5. The summed E-state index contributed by atoms with van der Waals surface area (Å²) >= 11 is 0. The normalized spacial score (nSPS) is 11.3. The standard InChI is InChI=1S/C15H23NO3/c1-6-16-10-11(2)7-13-14(18-4)8-12(17-3)9-15(13)19-5/h7-9,16H,6,10H2,1-5H3. The van der Waals surface area contributed by atoms with Gasteiger partial charge >= 0.3 is 0 Å². The number of hydrogen-bond donors (Lipinski definition) is 1.